The minimum absolute atomic E-state index is 0.383. The molecule has 0 radical (unpaired) electrons. The van der Waals surface area contributed by atoms with Gasteiger partial charge in [-0.05, 0) is 49.3 Å². The monoisotopic (exact) mass is 478 g/mol. The Morgan fingerprint density at radius 2 is 1.22 bits per heavy atom. The summed E-state index contributed by atoms with van der Waals surface area (Å²) in [5.41, 5.74) is 2.77. The van der Waals surface area contributed by atoms with Gasteiger partial charge in [0, 0.05) is 6.42 Å². The molecule has 0 aliphatic rings. The summed E-state index contributed by atoms with van der Waals surface area (Å²) in [4.78, 5) is -0.766. The third-order valence-electron chi connectivity index (χ3n) is 5.19. The minimum Gasteiger partial charge on any atom is -0.219 e. The summed E-state index contributed by atoms with van der Waals surface area (Å²) >= 11 is 0. The number of hydrogen-bond acceptors (Lipinski definition) is 4. The van der Waals surface area contributed by atoms with Crippen LogP contribution in [-0.2, 0) is 19.7 Å². The molecular weight excluding hydrogens is 447 g/mol. The van der Waals surface area contributed by atoms with Gasteiger partial charge in [-0.15, -0.1) is 5.73 Å². The van der Waals surface area contributed by atoms with Crippen LogP contribution in [0.1, 0.15) is 58.3 Å². The van der Waals surface area contributed by atoms with Crippen LogP contribution in [0.4, 0.5) is 4.39 Å². The van der Waals surface area contributed by atoms with Gasteiger partial charge in [0.05, 0.1) is 9.79 Å². The lowest BCUT2D eigenvalue weighted by molar-refractivity contribution is 0.358. The molecule has 0 bridgehead atoms. The van der Waals surface area contributed by atoms with E-state index in [9.17, 15) is 16.8 Å². The van der Waals surface area contributed by atoms with Crippen LogP contribution in [0.15, 0.2) is 88.3 Å². The van der Waals surface area contributed by atoms with E-state index in [1.165, 1.54) is 67.8 Å². The summed E-state index contributed by atoms with van der Waals surface area (Å²) in [5.74, 6) is 0. The average molecular weight is 479 g/mol. The van der Waals surface area contributed by atoms with Gasteiger partial charge >= 0.3 is 4.33 Å². The molecule has 0 aromatic heterocycles. The van der Waals surface area contributed by atoms with Crippen LogP contribution in [0.5, 0.6) is 0 Å². The summed E-state index contributed by atoms with van der Waals surface area (Å²) in [6, 6.07) is 13.7. The molecule has 2 aromatic carbocycles. The van der Waals surface area contributed by atoms with Crippen molar-refractivity contribution < 1.29 is 21.2 Å². The van der Waals surface area contributed by atoms with E-state index in [0.29, 0.717) is 0 Å². The molecule has 0 atom stereocenters. The number of benzene rings is 2. The topological polar surface area (TPSA) is 68.3 Å². The maximum atomic E-state index is 16.2. The first-order valence-corrected chi connectivity index (χ1v) is 13.9. The van der Waals surface area contributed by atoms with Gasteiger partial charge in [0.25, 0.3) is 0 Å². The molecule has 0 saturated carbocycles. The predicted octanol–water partition coefficient (Wildman–Crippen LogP) is 6.41. The number of sulfone groups is 2. The van der Waals surface area contributed by atoms with Crippen LogP contribution in [0, 0.1) is 0 Å². The SMILES string of the molecule is CCCCCCCCC=C=CCC(F)(S(=O)(=O)c1ccccc1)S(=O)(=O)c1ccccc1. The van der Waals surface area contributed by atoms with Crippen molar-refractivity contribution in [3.05, 3.63) is 78.5 Å². The molecule has 0 fully saturated rings. The van der Waals surface area contributed by atoms with Gasteiger partial charge < -0.3 is 0 Å². The Morgan fingerprint density at radius 1 is 0.750 bits per heavy atom. The fourth-order valence-corrected chi connectivity index (χ4v) is 7.36. The lowest BCUT2D eigenvalue weighted by atomic mass is 10.1. The van der Waals surface area contributed by atoms with Gasteiger partial charge in [-0.3, -0.25) is 0 Å². The fourth-order valence-electron chi connectivity index (χ4n) is 3.29. The van der Waals surface area contributed by atoms with Crippen molar-refractivity contribution >= 4 is 19.7 Å². The van der Waals surface area contributed by atoms with E-state index in [0.717, 1.165) is 31.8 Å². The molecule has 0 saturated heterocycles. The van der Waals surface area contributed by atoms with E-state index in [-0.39, 0.29) is 9.79 Å². The molecule has 2 rings (SSSR count). The van der Waals surface area contributed by atoms with Crippen molar-refractivity contribution in [2.45, 2.75) is 72.4 Å². The van der Waals surface area contributed by atoms with Crippen molar-refractivity contribution in [3.63, 3.8) is 0 Å². The van der Waals surface area contributed by atoms with Crippen LogP contribution in [0.3, 0.4) is 0 Å². The lowest BCUT2D eigenvalue weighted by Gasteiger charge is -2.24. The molecule has 174 valence electrons. The van der Waals surface area contributed by atoms with Crippen molar-refractivity contribution in [1.29, 1.82) is 0 Å². The number of halogens is 1. The second kappa shape index (κ2) is 12.1. The number of hydrogen-bond donors (Lipinski definition) is 0. The van der Waals surface area contributed by atoms with E-state index in [2.05, 4.69) is 12.7 Å². The second-order valence-corrected chi connectivity index (χ2v) is 12.1. The number of allylic oxidation sites excluding steroid dienone is 1. The van der Waals surface area contributed by atoms with E-state index < -0.39 is 30.4 Å². The third-order valence-corrected chi connectivity index (χ3v) is 10.2. The molecule has 0 heterocycles. The Bertz CT molecular complexity index is 1030. The Morgan fingerprint density at radius 3 is 1.72 bits per heavy atom. The first-order valence-electron chi connectivity index (χ1n) is 10.9. The minimum atomic E-state index is -4.86. The molecule has 0 aliphatic heterocycles. The van der Waals surface area contributed by atoms with Crippen LogP contribution in [-0.4, -0.2) is 21.2 Å². The zero-order valence-electron chi connectivity index (χ0n) is 18.4. The van der Waals surface area contributed by atoms with Crippen LogP contribution < -0.4 is 0 Å². The van der Waals surface area contributed by atoms with Crippen LogP contribution in [0.25, 0.3) is 0 Å². The van der Waals surface area contributed by atoms with E-state index in [4.69, 9.17) is 0 Å². The smallest absolute Gasteiger partial charge is 0.219 e. The Labute approximate surface area is 191 Å². The standard InChI is InChI=1S/C25H31FO4S2/c1-2-3-4-5-6-7-8-9-10-17-22-25(26,31(27,28)23-18-13-11-14-19-23)32(29,30)24-20-15-12-16-21-24/h9,11-21H,2-8,22H2,1H3. The Kier molecular flexibility index (Phi) is 9.88. The van der Waals surface area contributed by atoms with Gasteiger partial charge in [-0.2, -0.15) is 0 Å². The van der Waals surface area contributed by atoms with Crippen molar-refractivity contribution in [1.82, 2.24) is 0 Å². The Balaban J connectivity index is 2.28. The molecule has 4 nitrogen and oxygen atoms in total. The molecule has 0 spiro atoms. The van der Waals surface area contributed by atoms with E-state index in [1.54, 1.807) is 18.2 Å². The summed E-state index contributed by atoms with van der Waals surface area (Å²) in [6.45, 7) is 2.16. The highest BCUT2D eigenvalue weighted by Crippen LogP contribution is 2.39. The van der Waals surface area contributed by atoms with Crippen LogP contribution in [0.2, 0.25) is 0 Å². The number of rotatable bonds is 13. The third kappa shape index (κ3) is 6.18. The quantitative estimate of drug-likeness (QED) is 0.246. The van der Waals surface area contributed by atoms with Crippen LogP contribution >= 0.6 is 0 Å². The van der Waals surface area contributed by atoms with Crippen molar-refractivity contribution in [3.8, 4) is 0 Å². The van der Waals surface area contributed by atoms with Gasteiger partial charge in [0.2, 0.25) is 19.7 Å². The highest BCUT2D eigenvalue weighted by atomic mass is 32.3. The fraction of sp³-hybridized carbons (Fsp3) is 0.400. The maximum Gasteiger partial charge on any atom is 0.321 e. The van der Waals surface area contributed by atoms with Gasteiger partial charge in [-0.1, -0.05) is 75.4 Å². The van der Waals surface area contributed by atoms with E-state index in [1.807, 2.05) is 0 Å². The molecule has 0 unspecified atom stereocenters. The first kappa shape index (κ1) is 26.0. The number of alkyl halides is 1. The molecule has 32 heavy (non-hydrogen) atoms. The molecule has 0 amide bonds. The normalized spacial score (nSPS) is 12.2. The lowest BCUT2D eigenvalue weighted by Crippen LogP contribution is -2.42. The highest BCUT2D eigenvalue weighted by Gasteiger charge is 2.56. The summed E-state index contributed by atoms with van der Waals surface area (Å²) in [7, 11) is -9.71. The maximum absolute atomic E-state index is 16.2. The Hall–Kier alpha value is -2.21. The van der Waals surface area contributed by atoms with Crippen molar-refractivity contribution in [2.75, 3.05) is 0 Å². The van der Waals surface area contributed by atoms with Gasteiger partial charge in [0.1, 0.15) is 0 Å². The highest BCUT2D eigenvalue weighted by molar-refractivity contribution is 8.10. The zero-order valence-corrected chi connectivity index (χ0v) is 20.0. The second-order valence-electron chi connectivity index (χ2n) is 7.63. The first-order chi connectivity index (χ1) is 15.3. The van der Waals surface area contributed by atoms with Gasteiger partial charge in [0.15, 0.2) is 0 Å². The summed E-state index contributed by atoms with van der Waals surface area (Å²) in [6.07, 6.45) is 9.53. The average Bonchev–Trinajstić information content (AvgIpc) is 2.81. The number of unbranched alkanes of at least 4 members (excludes halogenated alkanes) is 6. The molecule has 0 aliphatic carbocycles. The predicted molar refractivity (Wildman–Crippen MR) is 126 cm³/mol. The van der Waals surface area contributed by atoms with Gasteiger partial charge in [-0.25, -0.2) is 21.2 Å². The summed E-state index contributed by atoms with van der Waals surface area (Å²) in [5, 5.41) is 0. The molecule has 2 aromatic rings. The molecule has 7 heteroatoms. The summed E-state index contributed by atoms with van der Waals surface area (Å²) < 4.78 is 65.3. The molecule has 0 N–H and O–H groups in total. The largest absolute Gasteiger partial charge is 0.321 e. The molecular formula is C25H31FO4S2. The zero-order chi connectivity index (χ0) is 23.5. The van der Waals surface area contributed by atoms with E-state index >= 15 is 4.39 Å². The van der Waals surface area contributed by atoms with Crippen molar-refractivity contribution in [2.24, 2.45) is 0 Å².